The van der Waals surface area contributed by atoms with Crippen molar-refractivity contribution in [3.8, 4) is 11.5 Å². The van der Waals surface area contributed by atoms with E-state index in [0.717, 1.165) is 29.7 Å². The Hall–Kier alpha value is -2.24. The molecule has 1 atom stereocenters. The smallest absolute Gasteiger partial charge is 0.244 e. The molecule has 1 heterocycles. The molecule has 144 valence electrons. The van der Waals surface area contributed by atoms with Crippen molar-refractivity contribution in [2.24, 2.45) is 0 Å². The van der Waals surface area contributed by atoms with E-state index in [1.165, 1.54) is 0 Å². The van der Waals surface area contributed by atoms with Crippen LogP contribution in [0.15, 0.2) is 36.4 Å². The third-order valence-electron chi connectivity index (χ3n) is 4.96. The highest BCUT2D eigenvalue weighted by molar-refractivity contribution is 6.33. The van der Waals surface area contributed by atoms with Crippen LogP contribution in [0.4, 0.5) is 5.69 Å². The van der Waals surface area contributed by atoms with Crippen LogP contribution in [0.5, 0.6) is 11.5 Å². The Balaban J connectivity index is 1.73. The minimum Gasteiger partial charge on any atom is -0.493 e. The summed E-state index contributed by atoms with van der Waals surface area (Å²) in [5.74, 6) is 1.46. The monoisotopic (exact) mass is 388 g/mol. The van der Waals surface area contributed by atoms with Crippen molar-refractivity contribution in [2.45, 2.75) is 32.4 Å². The molecule has 2 aromatic rings. The molecule has 3 rings (SSSR count). The molecule has 0 aliphatic carbocycles. The number of aryl methyl sites for hydroxylation is 1. The van der Waals surface area contributed by atoms with Gasteiger partial charge in [0.1, 0.15) is 0 Å². The molecule has 0 bridgehead atoms. The molecule has 1 N–H and O–H groups in total. The highest BCUT2D eigenvalue weighted by Gasteiger charge is 2.30. The van der Waals surface area contributed by atoms with E-state index in [0.29, 0.717) is 29.6 Å². The zero-order valence-corrected chi connectivity index (χ0v) is 16.7. The zero-order valence-electron chi connectivity index (χ0n) is 15.9. The van der Waals surface area contributed by atoms with Crippen LogP contribution in [-0.2, 0) is 11.3 Å². The standard InChI is InChI=1S/C21H25ClN2O3/c1-14-11-19(26-2)20(27-3)12-15(14)13-23-17-8-6-10-24(21(17)25)18-9-5-4-7-16(18)22/h4-5,7,9,11-12,17,23H,6,8,10,13H2,1-3H3. The van der Waals surface area contributed by atoms with Crippen molar-refractivity contribution in [1.29, 1.82) is 0 Å². The molecule has 0 saturated carbocycles. The fraction of sp³-hybridized carbons (Fsp3) is 0.381. The first-order valence-corrected chi connectivity index (χ1v) is 9.43. The molecular weight excluding hydrogens is 364 g/mol. The first kappa shape index (κ1) is 19.5. The van der Waals surface area contributed by atoms with Crippen LogP contribution in [0.1, 0.15) is 24.0 Å². The Morgan fingerprint density at radius 1 is 1.19 bits per heavy atom. The lowest BCUT2D eigenvalue weighted by Gasteiger charge is -2.33. The largest absolute Gasteiger partial charge is 0.493 e. The second-order valence-corrected chi connectivity index (χ2v) is 7.06. The van der Waals surface area contributed by atoms with Crippen molar-refractivity contribution >= 4 is 23.2 Å². The van der Waals surface area contributed by atoms with Crippen molar-refractivity contribution in [2.75, 3.05) is 25.7 Å². The summed E-state index contributed by atoms with van der Waals surface area (Å²) in [5.41, 5.74) is 2.94. The topological polar surface area (TPSA) is 50.8 Å². The SMILES string of the molecule is COc1cc(C)c(CNC2CCCN(c3ccccc3Cl)C2=O)cc1OC. The Bertz CT molecular complexity index is 825. The van der Waals surface area contributed by atoms with Gasteiger partial charge in [-0.3, -0.25) is 4.79 Å². The van der Waals surface area contributed by atoms with Gasteiger partial charge in [0.05, 0.1) is 31.0 Å². The maximum atomic E-state index is 13.0. The van der Waals surface area contributed by atoms with E-state index in [4.69, 9.17) is 21.1 Å². The molecule has 5 nitrogen and oxygen atoms in total. The summed E-state index contributed by atoms with van der Waals surface area (Å²) in [6, 6.07) is 11.2. The van der Waals surface area contributed by atoms with E-state index >= 15 is 0 Å². The fourth-order valence-electron chi connectivity index (χ4n) is 3.42. The number of nitrogens with zero attached hydrogens (tertiary/aromatic N) is 1. The third kappa shape index (κ3) is 4.20. The molecule has 1 unspecified atom stereocenters. The second kappa shape index (κ2) is 8.63. The third-order valence-corrected chi connectivity index (χ3v) is 5.28. The number of hydrogen-bond acceptors (Lipinski definition) is 4. The Labute approximate surface area is 165 Å². The highest BCUT2D eigenvalue weighted by atomic mass is 35.5. The number of carbonyl (C=O) groups is 1. The molecule has 0 aromatic heterocycles. The summed E-state index contributed by atoms with van der Waals surface area (Å²) >= 11 is 6.29. The molecule has 1 saturated heterocycles. The van der Waals surface area contributed by atoms with Gasteiger partial charge in [0.25, 0.3) is 0 Å². The first-order valence-electron chi connectivity index (χ1n) is 9.06. The number of para-hydroxylation sites is 1. The van der Waals surface area contributed by atoms with E-state index in [9.17, 15) is 4.79 Å². The predicted molar refractivity (Wildman–Crippen MR) is 108 cm³/mol. The van der Waals surface area contributed by atoms with Gasteiger partial charge in [0.2, 0.25) is 5.91 Å². The normalized spacial score (nSPS) is 17.1. The number of carbonyl (C=O) groups excluding carboxylic acids is 1. The summed E-state index contributed by atoms with van der Waals surface area (Å²) in [4.78, 5) is 14.8. The van der Waals surface area contributed by atoms with Gasteiger partial charge >= 0.3 is 0 Å². The molecule has 1 aliphatic heterocycles. The van der Waals surface area contributed by atoms with Crippen LogP contribution in [-0.4, -0.2) is 32.7 Å². The average Bonchev–Trinajstić information content (AvgIpc) is 2.68. The molecule has 1 amide bonds. The molecule has 6 heteroatoms. The number of halogens is 1. The lowest BCUT2D eigenvalue weighted by atomic mass is 10.0. The van der Waals surface area contributed by atoms with E-state index in [1.807, 2.05) is 43.3 Å². The van der Waals surface area contributed by atoms with Gasteiger partial charge in [-0.05, 0) is 55.2 Å². The molecule has 0 spiro atoms. The number of rotatable bonds is 6. The van der Waals surface area contributed by atoms with Crippen LogP contribution in [0.2, 0.25) is 5.02 Å². The summed E-state index contributed by atoms with van der Waals surface area (Å²) in [7, 11) is 3.25. The lowest BCUT2D eigenvalue weighted by Crippen LogP contribution is -2.50. The quantitative estimate of drug-likeness (QED) is 0.814. The summed E-state index contributed by atoms with van der Waals surface area (Å²) in [6.45, 7) is 3.30. The maximum Gasteiger partial charge on any atom is 0.244 e. The Kier molecular flexibility index (Phi) is 6.24. The summed E-state index contributed by atoms with van der Waals surface area (Å²) in [5, 5.41) is 4.01. The maximum absolute atomic E-state index is 13.0. The summed E-state index contributed by atoms with van der Waals surface area (Å²) < 4.78 is 10.7. The molecule has 1 aliphatic rings. The number of piperidine rings is 1. The second-order valence-electron chi connectivity index (χ2n) is 6.65. The van der Waals surface area contributed by atoms with Gasteiger partial charge in [-0.15, -0.1) is 0 Å². The zero-order chi connectivity index (χ0) is 19.4. The van der Waals surface area contributed by atoms with Crippen LogP contribution >= 0.6 is 11.6 Å². The number of anilines is 1. The number of nitrogens with one attached hydrogen (secondary N) is 1. The number of hydrogen-bond donors (Lipinski definition) is 1. The summed E-state index contributed by atoms with van der Waals surface area (Å²) in [6.07, 6.45) is 1.74. The van der Waals surface area contributed by atoms with Crippen molar-refractivity contribution in [1.82, 2.24) is 5.32 Å². The van der Waals surface area contributed by atoms with Gasteiger partial charge in [0, 0.05) is 13.1 Å². The number of amides is 1. The van der Waals surface area contributed by atoms with Crippen LogP contribution in [0.25, 0.3) is 0 Å². The molecular formula is C21H25ClN2O3. The van der Waals surface area contributed by atoms with Crippen LogP contribution in [0.3, 0.4) is 0 Å². The van der Waals surface area contributed by atoms with Crippen LogP contribution < -0.4 is 19.7 Å². The minimum absolute atomic E-state index is 0.0625. The fourth-order valence-corrected chi connectivity index (χ4v) is 3.66. The molecule has 0 radical (unpaired) electrons. The van der Waals surface area contributed by atoms with E-state index in [1.54, 1.807) is 19.1 Å². The van der Waals surface area contributed by atoms with E-state index < -0.39 is 0 Å². The van der Waals surface area contributed by atoms with Gasteiger partial charge in [-0.25, -0.2) is 0 Å². The number of benzene rings is 2. The predicted octanol–water partition coefficient (Wildman–Crippen LogP) is 3.95. The Morgan fingerprint density at radius 3 is 2.59 bits per heavy atom. The van der Waals surface area contributed by atoms with Gasteiger partial charge in [-0.2, -0.15) is 0 Å². The molecule has 1 fully saturated rings. The van der Waals surface area contributed by atoms with E-state index in [2.05, 4.69) is 5.32 Å². The van der Waals surface area contributed by atoms with Gasteiger partial charge in [0.15, 0.2) is 11.5 Å². The van der Waals surface area contributed by atoms with Gasteiger partial charge < -0.3 is 19.7 Å². The average molecular weight is 389 g/mol. The van der Waals surface area contributed by atoms with E-state index in [-0.39, 0.29) is 11.9 Å². The number of ether oxygens (including phenoxy) is 2. The molecule has 2 aromatic carbocycles. The highest BCUT2D eigenvalue weighted by Crippen LogP contribution is 2.31. The van der Waals surface area contributed by atoms with Crippen molar-refractivity contribution < 1.29 is 14.3 Å². The lowest BCUT2D eigenvalue weighted by molar-refractivity contribution is -0.121. The molecule has 27 heavy (non-hydrogen) atoms. The van der Waals surface area contributed by atoms with Gasteiger partial charge in [-0.1, -0.05) is 23.7 Å². The van der Waals surface area contributed by atoms with Crippen molar-refractivity contribution in [3.63, 3.8) is 0 Å². The Morgan fingerprint density at radius 2 is 1.89 bits per heavy atom. The van der Waals surface area contributed by atoms with Crippen molar-refractivity contribution in [3.05, 3.63) is 52.5 Å². The number of methoxy groups -OCH3 is 2. The first-order chi connectivity index (χ1) is 13.0. The van der Waals surface area contributed by atoms with Crippen LogP contribution in [0, 0.1) is 6.92 Å². The minimum atomic E-state index is -0.234.